The average Bonchev–Trinajstić information content (AvgIpc) is 3.32. The smallest absolute Gasteiger partial charge is 0.330 e. The number of tetrazole rings is 1. The van der Waals surface area contributed by atoms with Gasteiger partial charge in [0.05, 0.1) is 0 Å². The molecule has 0 aliphatic carbocycles. The monoisotopic (exact) mass is 399 g/mol. The molecule has 9 nitrogen and oxygen atoms in total. The third-order valence-electron chi connectivity index (χ3n) is 3.67. The van der Waals surface area contributed by atoms with E-state index in [1.807, 2.05) is 16.8 Å². The number of amides is 1. The van der Waals surface area contributed by atoms with E-state index in [0.717, 1.165) is 10.4 Å². The van der Waals surface area contributed by atoms with E-state index in [4.69, 9.17) is 4.74 Å². The van der Waals surface area contributed by atoms with E-state index in [0.29, 0.717) is 17.1 Å². The molecule has 0 radical (unpaired) electrons. The molecule has 2 heterocycles. The van der Waals surface area contributed by atoms with Crippen LogP contribution in [0.2, 0.25) is 0 Å². The highest BCUT2D eigenvalue weighted by Crippen LogP contribution is 2.16. The Morgan fingerprint density at radius 2 is 1.96 bits per heavy atom. The van der Waals surface area contributed by atoms with Crippen molar-refractivity contribution in [2.75, 3.05) is 5.32 Å². The zero-order valence-electron chi connectivity index (χ0n) is 15.2. The minimum Gasteiger partial charge on any atom is -0.453 e. The standard InChI is InChI=1S/C18H17N5O4S/c1-11(17(26)13-3-5-15(6-4-13)19-12(2)24)27-16(25)9-23-21-18(20-22-23)14-7-8-28-10-14/h3-8,10-11H,9H2,1-2H3,(H,19,24)/t11-/m0/s1. The zero-order chi connectivity index (χ0) is 20.1. The van der Waals surface area contributed by atoms with E-state index in [9.17, 15) is 14.4 Å². The number of hydrogen-bond donors (Lipinski definition) is 1. The predicted molar refractivity (Wildman–Crippen MR) is 102 cm³/mol. The summed E-state index contributed by atoms with van der Waals surface area (Å²) in [5, 5.41) is 18.2. The lowest BCUT2D eigenvalue weighted by atomic mass is 10.1. The second-order valence-electron chi connectivity index (χ2n) is 5.91. The highest BCUT2D eigenvalue weighted by molar-refractivity contribution is 7.08. The number of aromatic nitrogens is 4. The Morgan fingerprint density at radius 1 is 1.21 bits per heavy atom. The molecule has 1 N–H and O–H groups in total. The normalized spacial score (nSPS) is 11.6. The first-order valence-corrected chi connectivity index (χ1v) is 9.28. The number of thiophene rings is 1. The van der Waals surface area contributed by atoms with Gasteiger partial charge in [-0.2, -0.15) is 16.1 Å². The molecule has 1 amide bonds. The Kier molecular flexibility index (Phi) is 5.90. The van der Waals surface area contributed by atoms with Crippen molar-refractivity contribution in [3.8, 4) is 11.4 Å². The van der Waals surface area contributed by atoms with Crippen LogP contribution in [0.25, 0.3) is 11.4 Å². The highest BCUT2D eigenvalue weighted by atomic mass is 32.1. The van der Waals surface area contributed by atoms with Crippen LogP contribution in [0.15, 0.2) is 41.1 Å². The van der Waals surface area contributed by atoms with Gasteiger partial charge in [-0.15, -0.1) is 10.2 Å². The van der Waals surface area contributed by atoms with Crippen LogP contribution >= 0.6 is 11.3 Å². The number of benzene rings is 1. The van der Waals surface area contributed by atoms with E-state index in [-0.39, 0.29) is 18.2 Å². The molecule has 0 spiro atoms. The fraction of sp³-hybridized carbons (Fsp3) is 0.222. The second-order valence-corrected chi connectivity index (χ2v) is 6.69. The highest BCUT2D eigenvalue weighted by Gasteiger charge is 2.20. The lowest BCUT2D eigenvalue weighted by Gasteiger charge is -2.12. The lowest BCUT2D eigenvalue weighted by Crippen LogP contribution is -2.27. The Balaban J connectivity index is 1.56. The van der Waals surface area contributed by atoms with Crippen LogP contribution in [0.4, 0.5) is 5.69 Å². The molecular formula is C18H17N5O4S. The van der Waals surface area contributed by atoms with Crippen LogP contribution in [0, 0.1) is 0 Å². The summed E-state index contributed by atoms with van der Waals surface area (Å²) in [5.74, 6) is -0.791. The number of Topliss-reactive ketones (excluding diaryl/α,β-unsaturated/α-hetero) is 1. The van der Waals surface area contributed by atoms with Gasteiger partial charge in [0.1, 0.15) is 0 Å². The van der Waals surface area contributed by atoms with Crippen LogP contribution in [0.5, 0.6) is 0 Å². The fourth-order valence-electron chi connectivity index (χ4n) is 2.38. The number of anilines is 1. The third-order valence-corrected chi connectivity index (χ3v) is 4.35. The first-order valence-electron chi connectivity index (χ1n) is 8.34. The van der Waals surface area contributed by atoms with Crippen LogP contribution in [0.1, 0.15) is 24.2 Å². The van der Waals surface area contributed by atoms with Crippen LogP contribution in [-0.4, -0.2) is 44.0 Å². The van der Waals surface area contributed by atoms with Crippen molar-refractivity contribution < 1.29 is 19.1 Å². The second kappa shape index (κ2) is 8.53. The van der Waals surface area contributed by atoms with Gasteiger partial charge in [-0.3, -0.25) is 9.59 Å². The number of carbonyl (C=O) groups excluding carboxylic acids is 3. The van der Waals surface area contributed by atoms with Crippen molar-refractivity contribution in [1.82, 2.24) is 20.2 Å². The number of nitrogens with zero attached hydrogens (tertiary/aromatic N) is 4. The van der Waals surface area contributed by atoms with Crippen molar-refractivity contribution in [1.29, 1.82) is 0 Å². The summed E-state index contributed by atoms with van der Waals surface area (Å²) in [6.07, 6.45) is -0.973. The van der Waals surface area contributed by atoms with E-state index in [1.54, 1.807) is 24.3 Å². The number of ether oxygens (including phenoxy) is 1. The van der Waals surface area contributed by atoms with E-state index < -0.39 is 12.1 Å². The van der Waals surface area contributed by atoms with Gasteiger partial charge >= 0.3 is 5.97 Å². The summed E-state index contributed by atoms with van der Waals surface area (Å²) in [6.45, 7) is 2.64. The summed E-state index contributed by atoms with van der Waals surface area (Å²) < 4.78 is 5.18. The Hall–Kier alpha value is -3.40. The van der Waals surface area contributed by atoms with Crippen molar-refractivity contribution in [2.24, 2.45) is 0 Å². The van der Waals surface area contributed by atoms with Gasteiger partial charge in [0.15, 0.2) is 12.6 Å². The van der Waals surface area contributed by atoms with Crippen LogP contribution < -0.4 is 5.32 Å². The van der Waals surface area contributed by atoms with E-state index in [2.05, 4.69) is 20.7 Å². The average molecular weight is 399 g/mol. The Labute approximate surface area is 164 Å². The van der Waals surface area contributed by atoms with Crippen molar-refractivity contribution in [2.45, 2.75) is 26.5 Å². The molecule has 28 heavy (non-hydrogen) atoms. The molecule has 2 aromatic heterocycles. The quantitative estimate of drug-likeness (QED) is 0.478. The summed E-state index contributed by atoms with van der Waals surface area (Å²) in [4.78, 5) is 36.6. The summed E-state index contributed by atoms with van der Waals surface area (Å²) in [7, 11) is 0. The molecule has 0 saturated carbocycles. The molecule has 10 heteroatoms. The first-order chi connectivity index (χ1) is 13.4. The van der Waals surface area contributed by atoms with E-state index in [1.165, 1.54) is 25.2 Å². The zero-order valence-corrected chi connectivity index (χ0v) is 16.0. The maximum atomic E-state index is 12.4. The molecule has 0 saturated heterocycles. The molecule has 0 fully saturated rings. The SMILES string of the molecule is CC(=O)Nc1ccc(C(=O)[C@H](C)OC(=O)Cn2nnc(-c3ccsc3)n2)cc1. The Bertz CT molecular complexity index is 982. The van der Waals surface area contributed by atoms with Gasteiger partial charge in [0, 0.05) is 29.1 Å². The van der Waals surface area contributed by atoms with Crippen molar-refractivity contribution in [3.05, 3.63) is 46.7 Å². The molecule has 144 valence electrons. The Morgan fingerprint density at radius 3 is 2.61 bits per heavy atom. The molecule has 1 aromatic carbocycles. The maximum Gasteiger partial charge on any atom is 0.330 e. The number of ketones is 1. The molecule has 0 aliphatic rings. The minimum atomic E-state index is -0.973. The topological polar surface area (TPSA) is 116 Å². The molecule has 0 unspecified atom stereocenters. The van der Waals surface area contributed by atoms with Crippen molar-refractivity contribution in [3.63, 3.8) is 0 Å². The molecular weight excluding hydrogens is 382 g/mol. The number of carbonyl (C=O) groups is 3. The molecule has 3 rings (SSSR count). The van der Waals surface area contributed by atoms with Gasteiger partial charge in [0.2, 0.25) is 17.5 Å². The number of nitrogens with one attached hydrogen (secondary N) is 1. The van der Waals surface area contributed by atoms with Crippen LogP contribution in [0.3, 0.4) is 0 Å². The molecule has 0 aliphatic heterocycles. The van der Waals surface area contributed by atoms with Gasteiger partial charge in [-0.05, 0) is 47.8 Å². The summed E-state index contributed by atoms with van der Waals surface area (Å²) >= 11 is 1.50. The molecule has 1 atom stereocenters. The fourth-order valence-corrected chi connectivity index (χ4v) is 3.01. The number of rotatable bonds is 7. The van der Waals surface area contributed by atoms with Gasteiger partial charge in [-0.1, -0.05) is 0 Å². The first kappa shape index (κ1) is 19.4. The molecule has 3 aromatic rings. The van der Waals surface area contributed by atoms with Crippen molar-refractivity contribution >= 4 is 34.7 Å². The lowest BCUT2D eigenvalue weighted by molar-refractivity contribution is -0.147. The van der Waals surface area contributed by atoms with Crippen LogP contribution in [-0.2, 0) is 20.9 Å². The van der Waals surface area contributed by atoms with Gasteiger partial charge < -0.3 is 10.1 Å². The number of hydrogen-bond acceptors (Lipinski definition) is 8. The van der Waals surface area contributed by atoms with Gasteiger partial charge in [-0.25, -0.2) is 4.79 Å². The predicted octanol–water partition coefficient (Wildman–Crippen LogP) is 2.17. The largest absolute Gasteiger partial charge is 0.453 e. The maximum absolute atomic E-state index is 12.4. The number of esters is 1. The van der Waals surface area contributed by atoms with E-state index >= 15 is 0 Å². The minimum absolute atomic E-state index is 0.203. The summed E-state index contributed by atoms with van der Waals surface area (Å²) in [5.41, 5.74) is 1.76. The summed E-state index contributed by atoms with van der Waals surface area (Å²) in [6, 6.07) is 8.18. The third kappa shape index (κ3) is 4.86. The molecule has 0 bridgehead atoms. The van der Waals surface area contributed by atoms with Gasteiger partial charge in [0.25, 0.3) is 0 Å².